The summed E-state index contributed by atoms with van der Waals surface area (Å²) in [6.45, 7) is 16.0. The normalized spacial score (nSPS) is 15.9. The van der Waals surface area contributed by atoms with Crippen LogP contribution < -0.4 is 0 Å². The van der Waals surface area contributed by atoms with Crippen LogP contribution in [-0.2, 0) is 25.8 Å². The van der Waals surface area contributed by atoms with Gasteiger partial charge in [-0.15, -0.1) is 0 Å². The molecule has 0 saturated carbocycles. The summed E-state index contributed by atoms with van der Waals surface area (Å²) in [6.07, 6.45) is 4.67. The summed E-state index contributed by atoms with van der Waals surface area (Å²) in [7, 11) is 13.4. The number of aryl methyl sites for hydroxylation is 1. The maximum atomic E-state index is 6.70. The van der Waals surface area contributed by atoms with Gasteiger partial charge in [0.05, 0.1) is 0 Å². The summed E-state index contributed by atoms with van der Waals surface area (Å²) in [5.74, 6) is 1.48. The van der Waals surface area contributed by atoms with E-state index in [1.165, 1.54) is 44.5 Å². The third kappa shape index (κ3) is 4.84. The molecule has 0 aliphatic heterocycles. The van der Waals surface area contributed by atoms with Crippen molar-refractivity contribution in [2.45, 2.75) is 76.8 Å². The second-order valence-electron chi connectivity index (χ2n) is 9.57. The van der Waals surface area contributed by atoms with Gasteiger partial charge in [-0.2, -0.15) is 0 Å². The molecule has 161 valence electrons. The van der Waals surface area contributed by atoms with Crippen molar-refractivity contribution in [3.8, 4) is 11.1 Å². The Bertz CT molecular complexity index is 912. The molecule has 2 aromatic rings. The van der Waals surface area contributed by atoms with E-state index in [2.05, 4.69) is 84.9 Å². The summed E-state index contributed by atoms with van der Waals surface area (Å²) in [5, 5.41) is 0. The second kappa shape index (κ2) is 10.1. The first-order chi connectivity index (χ1) is 14.1. The van der Waals surface area contributed by atoms with E-state index in [9.17, 15) is 0 Å². The fraction of sp³-hybridized carbons (Fsp3) is 0.481. The molecule has 0 fully saturated rings. The van der Waals surface area contributed by atoms with Crippen molar-refractivity contribution in [3.05, 3.63) is 63.7 Å². The number of hydrogen-bond acceptors (Lipinski definition) is 0. The zero-order valence-electron chi connectivity index (χ0n) is 19.4. The first kappa shape index (κ1) is 24.3. The monoisotopic (exact) mass is 519 g/mol. The molecule has 3 rings (SSSR count). The average Bonchev–Trinajstić information content (AvgIpc) is 3.07. The predicted molar refractivity (Wildman–Crippen MR) is 131 cm³/mol. The molecule has 30 heavy (non-hydrogen) atoms. The molecule has 0 amide bonds. The molecule has 0 bridgehead atoms. The van der Waals surface area contributed by atoms with Crippen LogP contribution >= 0.6 is 17.0 Å². The number of fused-ring (bicyclic) bond motifs is 1. The van der Waals surface area contributed by atoms with Gasteiger partial charge in [-0.05, 0) is 0 Å². The fourth-order valence-corrected chi connectivity index (χ4v) is 10.3. The first-order valence-electron chi connectivity index (χ1n) is 11.4. The molecule has 1 aliphatic carbocycles. The van der Waals surface area contributed by atoms with E-state index in [1.807, 2.05) is 0 Å². The Morgan fingerprint density at radius 1 is 0.867 bits per heavy atom. The van der Waals surface area contributed by atoms with E-state index in [-0.39, 0.29) is 3.63 Å². The maximum absolute atomic E-state index is 6.70. The van der Waals surface area contributed by atoms with Crippen LogP contribution in [0, 0.1) is 5.92 Å². The third-order valence-corrected chi connectivity index (χ3v) is 11.6. The average molecular weight is 522 g/mol. The minimum atomic E-state index is -2.51. The van der Waals surface area contributed by atoms with Crippen LogP contribution in [0.1, 0.15) is 98.2 Å². The zero-order valence-corrected chi connectivity index (χ0v) is 23.4. The van der Waals surface area contributed by atoms with E-state index in [0.29, 0.717) is 17.8 Å². The van der Waals surface area contributed by atoms with Gasteiger partial charge in [0.15, 0.2) is 0 Å². The Morgan fingerprint density at radius 2 is 1.47 bits per heavy atom. The molecule has 1 aliphatic rings. The van der Waals surface area contributed by atoms with E-state index in [0.717, 1.165) is 12.8 Å². The molecule has 2 aromatic carbocycles. The Kier molecular flexibility index (Phi) is 8.15. The van der Waals surface area contributed by atoms with Crippen LogP contribution in [0.5, 0.6) is 0 Å². The van der Waals surface area contributed by atoms with Gasteiger partial charge in [0.25, 0.3) is 0 Å². The van der Waals surface area contributed by atoms with Crippen LogP contribution in [0.25, 0.3) is 17.2 Å². The molecular weight excluding hydrogens is 486 g/mol. The summed E-state index contributed by atoms with van der Waals surface area (Å²) in [5.41, 5.74) is 11.2. The van der Waals surface area contributed by atoms with Crippen molar-refractivity contribution >= 4 is 23.1 Å². The Labute approximate surface area is 198 Å². The minimum absolute atomic E-state index is 0.276. The van der Waals surface area contributed by atoms with Crippen LogP contribution in [-0.4, -0.2) is 0 Å². The van der Waals surface area contributed by atoms with E-state index >= 15 is 0 Å². The van der Waals surface area contributed by atoms with E-state index < -0.39 is 19.4 Å². The van der Waals surface area contributed by atoms with Crippen LogP contribution in [0.4, 0.5) is 0 Å². The number of halogens is 2. The van der Waals surface area contributed by atoms with Gasteiger partial charge < -0.3 is 0 Å². The summed E-state index contributed by atoms with van der Waals surface area (Å²) in [4.78, 5) is 0. The van der Waals surface area contributed by atoms with Crippen LogP contribution in [0.15, 0.2) is 35.9 Å². The van der Waals surface area contributed by atoms with Crippen LogP contribution in [0.3, 0.4) is 0 Å². The summed E-state index contributed by atoms with van der Waals surface area (Å²) < 4.78 is 0.276. The number of benzene rings is 2. The second-order valence-corrected chi connectivity index (χ2v) is 18.4. The van der Waals surface area contributed by atoms with Gasteiger partial charge in [0, 0.05) is 0 Å². The quantitative estimate of drug-likeness (QED) is 0.340. The first-order valence-corrected chi connectivity index (χ1v) is 19.1. The van der Waals surface area contributed by atoms with Gasteiger partial charge in [0.1, 0.15) is 0 Å². The molecule has 0 aromatic heterocycles. The van der Waals surface area contributed by atoms with Crippen molar-refractivity contribution in [2.75, 3.05) is 0 Å². The third-order valence-electron chi connectivity index (χ3n) is 6.32. The van der Waals surface area contributed by atoms with Crippen molar-refractivity contribution in [1.29, 1.82) is 0 Å². The molecule has 0 nitrogen and oxygen atoms in total. The molecule has 0 spiro atoms. The molecule has 1 unspecified atom stereocenters. The SMILES string of the molecule is CCCc1ccc2c(c1-c1cc(C(C)C)cc(C(C)C)c1)C=C(C(C)C)[CH]2[Zr]([Cl])[Cl]. The molecule has 3 heteroatoms. The van der Waals surface area contributed by atoms with Crippen molar-refractivity contribution in [1.82, 2.24) is 0 Å². The molecule has 0 saturated heterocycles. The topological polar surface area (TPSA) is 0 Å². The van der Waals surface area contributed by atoms with Gasteiger partial charge in [-0.25, -0.2) is 0 Å². The Morgan fingerprint density at radius 3 is 1.93 bits per heavy atom. The number of allylic oxidation sites excluding steroid dienone is 1. The fourth-order valence-electron chi connectivity index (χ4n) is 4.57. The molecule has 0 radical (unpaired) electrons. The van der Waals surface area contributed by atoms with Gasteiger partial charge in [-0.1, -0.05) is 0 Å². The molecule has 0 N–H and O–H groups in total. The molecular formula is C27H35Cl2Zr. The van der Waals surface area contributed by atoms with Gasteiger partial charge in [0.2, 0.25) is 0 Å². The van der Waals surface area contributed by atoms with Gasteiger partial charge in [-0.3, -0.25) is 0 Å². The zero-order chi connectivity index (χ0) is 22.2. The Balaban J connectivity index is 2.33. The van der Waals surface area contributed by atoms with E-state index in [1.54, 1.807) is 0 Å². The van der Waals surface area contributed by atoms with Gasteiger partial charge >= 0.3 is 200 Å². The standard InChI is InChI=1S/C27H35.2ClH.Zr/c1-8-9-20-10-11-21-12-24(19(6)7)16-26(21)27(20)25-14-22(17(2)3)13-23(15-25)18(4)5;;;/h10-19H,8-9H2,1-7H3;2*1H;/q;;;+2/p-2. The van der Waals surface area contributed by atoms with Crippen LogP contribution in [0.2, 0.25) is 0 Å². The predicted octanol–water partition coefficient (Wildman–Crippen LogP) is 9.57. The van der Waals surface area contributed by atoms with E-state index in [4.69, 9.17) is 17.0 Å². The summed E-state index contributed by atoms with van der Waals surface area (Å²) in [6, 6.07) is 11.9. The Hall–Kier alpha value is -0.357. The number of hydrogen-bond donors (Lipinski definition) is 0. The molecule has 1 atom stereocenters. The molecule has 0 heterocycles. The van der Waals surface area contributed by atoms with Crippen molar-refractivity contribution in [2.24, 2.45) is 5.92 Å². The summed E-state index contributed by atoms with van der Waals surface area (Å²) >= 11 is -2.51. The number of rotatable bonds is 7. The van der Waals surface area contributed by atoms with Crippen molar-refractivity contribution < 1.29 is 19.4 Å². The van der Waals surface area contributed by atoms with Crippen molar-refractivity contribution in [3.63, 3.8) is 0 Å².